The van der Waals surface area contributed by atoms with Crippen LogP contribution in [0, 0.1) is 0 Å². The van der Waals surface area contributed by atoms with Crippen molar-refractivity contribution in [2.45, 2.75) is 19.8 Å². The van der Waals surface area contributed by atoms with E-state index in [9.17, 15) is 4.79 Å². The summed E-state index contributed by atoms with van der Waals surface area (Å²) in [6.07, 6.45) is 2.64. The second-order valence-electron chi connectivity index (χ2n) is 4.46. The second-order valence-corrected chi connectivity index (χ2v) is 4.46. The Morgan fingerprint density at radius 2 is 1.22 bits per heavy atom. The van der Waals surface area contributed by atoms with E-state index in [2.05, 4.69) is 6.58 Å². The number of ether oxygens (including phenoxy) is 6. The molecule has 0 saturated carbocycles. The quantitative estimate of drug-likeness (QED) is 0.214. The lowest BCUT2D eigenvalue weighted by atomic mass is 10.3. The zero-order valence-electron chi connectivity index (χ0n) is 14.1. The van der Waals surface area contributed by atoms with Gasteiger partial charge in [-0.15, -0.1) is 0 Å². The number of esters is 1. The number of rotatable bonds is 18. The van der Waals surface area contributed by atoms with Gasteiger partial charge in [0.2, 0.25) is 0 Å². The molecule has 0 aliphatic carbocycles. The van der Waals surface area contributed by atoms with Crippen molar-refractivity contribution < 1.29 is 33.2 Å². The highest BCUT2D eigenvalue weighted by Crippen LogP contribution is 1.91. The van der Waals surface area contributed by atoms with Gasteiger partial charge < -0.3 is 28.4 Å². The lowest BCUT2D eigenvalue weighted by molar-refractivity contribution is -0.145. The summed E-state index contributed by atoms with van der Waals surface area (Å²) in [4.78, 5) is 11.1. The van der Waals surface area contributed by atoms with Crippen LogP contribution in [-0.2, 0) is 33.2 Å². The van der Waals surface area contributed by atoms with Crippen molar-refractivity contribution in [3.8, 4) is 0 Å². The third-order valence-electron chi connectivity index (χ3n) is 2.52. The summed E-state index contributed by atoms with van der Waals surface area (Å²) >= 11 is 0. The molecule has 7 heteroatoms. The van der Waals surface area contributed by atoms with Crippen LogP contribution in [0.1, 0.15) is 19.8 Å². The van der Waals surface area contributed by atoms with E-state index in [0.717, 1.165) is 6.42 Å². The van der Waals surface area contributed by atoms with Gasteiger partial charge >= 0.3 is 5.97 Å². The van der Waals surface area contributed by atoms with E-state index >= 15 is 0 Å². The summed E-state index contributed by atoms with van der Waals surface area (Å²) in [5, 5.41) is 0. The standard InChI is InChI=1S/C16H30O7/c1-3-5-16(17)23-15-14-22-13-12-21-11-10-20-9-8-19-7-6-18-4-2/h4H,2-3,5-15H2,1H3. The predicted octanol–water partition coefficient (Wildman–Crippen LogP) is 1.56. The van der Waals surface area contributed by atoms with Crippen molar-refractivity contribution in [3.63, 3.8) is 0 Å². The molecule has 0 aromatic carbocycles. The highest BCUT2D eigenvalue weighted by Gasteiger charge is 1.99. The largest absolute Gasteiger partial charge is 0.499 e. The fraction of sp³-hybridized carbons (Fsp3) is 0.812. The molecule has 0 atom stereocenters. The highest BCUT2D eigenvalue weighted by molar-refractivity contribution is 5.69. The van der Waals surface area contributed by atoms with E-state index in [1.54, 1.807) is 0 Å². The summed E-state index contributed by atoms with van der Waals surface area (Å²) in [6, 6.07) is 0. The van der Waals surface area contributed by atoms with Crippen molar-refractivity contribution in [1.82, 2.24) is 0 Å². The first-order valence-corrected chi connectivity index (χ1v) is 8.00. The minimum Gasteiger partial charge on any atom is -0.499 e. The van der Waals surface area contributed by atoms with Crippen LogP contribution in [0.25, 0.3) is 0 Å². The van der Waals surface area contributed by atoms with E-state index in [0.29, 0.717) is 72.5 Å². The van der Waals surface area contributed by atoms with E-state index in [-0.39, 0.29) is 5.97 Å². The third-order valence-corrected chi connectivity index (χ3v) is 2.52. The molecule has 0 aromatic heterocycles. The molecule has 0 aliphatic rings. The first-order chi connectivity index (χ1) is 11.3. The molecule has 136 valence electrons. The summed E-state index contributed by atoms with van der Waals surface area (Å²) in [5.74, 6) is -0.179. The van der Waals surface area contributed by atoms with Gasteiger partial charge in [-0.25, -0.2) is 0 Å². The molecule has 0 N–H and O–H groups in total. The highest BCUT2D eigenvalue weighted by atomic mass is 16.6. The average Bonchev–Trinajstić information content (AvgIpc) is 2.54. The van der Waals surface area contributed by atoms with Gasteiger partial charge in [-0.05, 0) is 6.42 Å². The maximum absolute atomic E-state index is 11.1. The summed E-state index contributed by atoms with van der Waals surface area (Å²) in [5.41, 5.74) is 0. The van der Waals surface area contributed by atoms with Crippen LogP contribution in [0.15, 0.2) is 12.8 Å². The summed E-state index contributed by atoms with van der Waals surface area (Å²) < 4.78 is 31.0. The van der Waals surface area contributed by atoms with Crippen molar-refractivity contribution in [2.24, 2.45) is 0 Å². The fourth-order valence-electron chi connectivity index (χ4n) is 1.44. The molecule has 0 amide bonds. The molecule has 0 fully saturated rings. The summed E-state index contributed by atoms with van der Waals surface area (Å²) in [6.45, 7) is 10.1. The lowest BCUT2D eigenvalue weighted by Crippen LogP contribution is -2.14. The van der Waals surface area contributed by atoms with Gasteiger partial charge in [0.15, 0.2) is 0 Å². The topological polar surface area (TPSA) is 72.5 Å². The molecule has 0 radical (unpaired) electrons. The van der Waals surface area contributed by atoms with Gasteiger partial charge in [0.05, 0.1) is 59.1 Å². The molecule has 0 aromatic rings. The van der Waals surface area contributed by atoms with E-state index in [1.807, 2.05) is 6.92 Å². The molecule has 23 heavy (non-hydrogen) atoms. The zero-order valence-corrected chi connectivity index (χ0v) is 14.1. The van der Waals surface area contributed by atoms with Crippen molar-refractivity contribution >= 4 is 5.97 Å². The monoisotopic (exact) mass is 334 g/mol. The third kappa shape index (κ3) is 18.8. The Morgan fingerprint density at radius 1 is 0.783 bits per heavy atom. The van der Waals surface area contributed by atoms with Gasteiger partial charge in [-0.1, -0.05) is 13.5 Å². The fourth-order valence-corrected chi connectivity index (χ4v) is 1.44. The molecule has 0 unspecified atom stereocenters. The SMILES string of the molecule is C=COCCOCCOCCOCCOCCOC(=O)CCC. The van der Waals surface area contributed by atoms with Crippen LogP contribution in [0.2, 0.25) is 0 Å². The Hall–Kier alpha value is -1.15. The molecular formula is C16H30O7. The normalized spacial score (nSPS) is 10.5. The molecule has 0 aliphatic heterocycles. The van der Waals surface area contributed by atoms with Crippen LogP contribution < -0.4 is 0 Å². The number of carbonyl (C=O) groups excluding carboxylic acids is 1. The van der Waals surface area contributed by atoms with Crippen molar-refractivity contribution in [1.29, 1.82) is 0 Å². The predicted molar refractivity (Wildman–Crippen MR) is 85.3 cm³/mol. The van der Waals surface area contributed by atoms with E-state index in [4.69, 9.17) is 28.4 Å². The van der Waals surface area contributed by atoms with Crippen LogP contribution in [0.5, 0.6) is 0 Å². The number of hydrogen-bond donors (Lipinski definition) is 0. The van der Waals surface area contributed by atoms with Crippen LogP contribution in [0.4, 0.5) is 0 Å². The van der Waals surface area contributed by atoms with E-state index < -0.39 is 0 Å². The second kappa shape index (κ2) is 18.9. The van der Waals surface area contributed by atoms with Gasteiger partial charge in [-0.2, -0.15) is 0 Å². The first-order valence-electron chi connectivity index (χ1n) is 8.00. The Kier molecular flexibility index (Phi) is 18.0. The van der Waals surface area contributed by atoms with Gasteiger partial charge in [0, 0.05) is 6.42 Å². The zero-order chi connectivity index (χ0) is 17.0. The van der Waals surface area contributed by atoms with Crippen LogP contribution >= 0.6 is 0 Å². The Bertz CT molecular complexity index is 271. The van der Waals surface area contributed by atoms with Crippen molar-refractivity contribution in [2.75, 3.05) is 66.1 Å². The maximum Gasteiger partial charge on any atom is 0.305 e. The minimum absolute atomic E-state index is 0.179. The molecule has 0 saturated heterocycles. The number of carbonyl (C=O) groups is 1. The van der Waals surface area contributed by atoms with Gasteiger partial charge in [0.1, 0.15) is 13.2 Å². The van der Waals surface area contributed by atoms with Gasteiger partial charge in [-0.3, -0.25) is 4.79 Å². The number of hydrogen-bond acceptors (Lipinski definition) is 7. The smallest absolute Gasteiger partial charge is 0.305 e. The van der Waals surface area contributed by atoms with Crippen LogP contribution in [0.3, 0.4) is 0 Å². The Morgan fingerprint density at radius 3 is 1.65 bits per heavy atom. The first kappa shape index (κ1) is 21.9. The summed E-state index contributed by atoms with van der Waals surface area (Å²) in [7, 11) is 0. The molecule has 0 rings (SSSR count). The minimum atomic E-state index is -0.179. The lowest BCUT2D eigenvalue weighted by Gasteiger charge is -2.08. The molecule has 0 spiro atoms. The maximum atomic E-state index is 11.1. The van der Waals surface area contributed by atoms with E-state index in [1.165, 1.54) is 6.26 Å². The Labute approximate surface area is 138 Å². The average molecular weight is 334 g/mol. The van der Waals surface area contributed by atoms with Crippen LogP contribution in [-0.4, -0.2) is 72.0 Å². The molecular weight excluding hydrogens is 304 g/mol. The molecule has 0 bridgehead atoms. The molecule has 0 heterocycles. The Balaban J connectivity index is 3.02. The van der Waals surface area contributed by atoms with Crippen molar-refractivity contribution in [3.05, 3.63) is 12.8 Å². The molecule has 7 nitrogen and oxygen atoms in total. The van der Waals surface area contributed by atoms with Gasteiger partial charge in [0.25, 0.3) is 0 Å².